The van der Waals surface area contributed by atoms with Crippen LogP contribution in [0.25, 0.3) is 0 Å². The van der Waals surface area contributed by atoms with Gasteiger partial charge in [0, 0.05) is 10.5 Å². The highest BCUT2D eigenvalue weighted by molar-refractivity contribution is 9.10. The van der Waals surface area contributed by atoms with Gasteiger partial charge in [-0.05, 0) is 52.3 Å². The molecule has 1 N–H and O–H groups in total. The Labute approximate surface area is 189 Å². The Bertz CT molecular complexity index is 1170. The summed E-state index contributed by atoms with van der Waals surface area (Å²) >= 11 is 3.37. The molecule has 7 nitrogen and oxygen atoms in total. The van der Waals surface area contributed by atoms with Gasteiger partial charge in [-0.2, -0.15) is 0 Å². The van der Waals surface area contributed by atoms with Gasteiger partial charge < -0.3 is 14.8 Å². The minimum atomic E-state index is -4.06. The third-order valence-corrected chi connectivity index (χ3v) is 6.89. The van der Waals surface area contributed by atoms with Crippen LogP contribution in [0.1, 0.15) is 0 Å². The van der Waals surface area contributed by atoms with E-state index >= 15 is 0 Å². The summed E-state index contributed by atoms with van der Waals surface area (Å²) in [5.74, 6) is 0.243. The van der Waals surface area contributed by atoms with Crippen molar-refractivity contribution in [2.75, 3.05) is 30.4 Å². The standard InChI is InChI=1S/C22H21BrN2O5S/c1-29-16-12-13-20(21(14-16)30-2)25(31(27,28)17-8-4-3-5-9-17)15-22(26)24-19-11-7-6-10-18(19)23/h3-14H,15H2,1-2H3,(H,24,26). The van der Waals surface area contributed by atoms with Gasteiger partial charge in [-0.1, -0.05) is 30.3 Å². The maximum absolute atomic E-state index is 13.5. The summed E-state index contributed by atoms with van der Waals surface area (Å²) < 4.78 is 39.2. The molecule has 0 unspecified atom stereocenters. The average molecular weight is 505 g/mol. The summed E-state index contributed by atoms with van der Waals surface area (Å²) in [6, 6.07) is 19.7. The van der Waals surface area contributed by atoms with Crippen molar-refractivity contribution in [3.8, 4) is 11.5 Å². The summed E-state index contributed by atoms with van der Waals surface area (Å²) in [6.45, 7) is -0.457. The number of halogens is 1. The topological polar surface area (TPSA) is 84.9 Å². The predicted molar refractivity (Wildman–Crippen MR) is 123 cm³/mol. The highest BCUT2D eigenvalue weighted by atomic mass is 79.9. The van der Waals surface area contributed by atoms with E-state index in [2.05, 4.69) is 21.2 Å². The van der Waals surface area contributed by atoms with Crippen molar-refractivity contribution in [1.82, 2.24) is 0 Å². The summed E-state index contributed by atoms with van der Waals surface area (Å²) in [4.78, 5) is 12.9. The lowest BCUT2D eigenvalue weighted by Gasteiger charge is -2.26. The SMILES string of the molecule is COc1ccc(N(CC(=O)Nc2ccccc2Br)S(=O)(=O)c2ccccc2)c(OC)c1. The fourth-order valence-corrected chi connectivity index (χ4v) is 4.73. The molecular weight excluding hydrogens is 484 g/mol. The van der Waals surface area contributed by atoms with Gasteiger partial charge in [-0.3, -0.25) is 9.10 Å². The molecule has 1 amide bonds. The molecule has 0 saturated heterocycles. The quantitative estimate of drug-likeness (QED) is 0.494. The third-order valence-electron chi connectivity index (χ3n) is 4.42. The Morgan fingerprint density at radius 2 is 1.65 bits per heavy atom. The summed E-state index contributed by atoms with van der Waals surface area (Å²) in [5, 5.41) is 2.74. The number of rotatable bonds is 8. The predicted octanol–water partition coefficient (Wildman–Crippen LogP) is 4.30. The van der Waals surface area contributed by atoms with E-state index in [1.807, 2.05) is 6.07 Å². The largest absolute Gasteiger partial charge is 0.497 e. The molecule has 3 aromatic rings. The van der Waals surface area contributed by atoms with Crippen molar-refractivity contribution in [2.45, 2.75) is 4.90 Å². The highest BCUT2D eigenvalue weighted by Gasteiger charge is 2.29. The normalized spacial score (nSPS) is 10.9. The fraction of sp³-hybridized carbons (Fsp3) is 0.136. The number of anilines is 2. The molecule has 0 aliphatic heterocycles. The molecule has 9 heteroatoms. The Morgan fingerprint density at radius 1 is 0.968 bits per heavy atom. The average Bonchev–Trinajstić information content (AvgIpc) is 2.79. The van der Waals surface area contributed by atoms with Gasteiger partial charge in [0.25, 0.3) is 10.0 Å². The minimum absolute atomic E-state index is 0.0570. The van der Waals surface area contributed by atoms with E-state index < -0.39 is 22.5 Å². The number of methoxy groups -OCH3 is 2. The molecular formula is C22H21BrN2O5S. The minimum Gasteiger partial charge on any atom is -0.497 e. The second-order valence-electron chi connectivity index (χ2n) is 6.39. The first-order chi connectivity index (χ1) is 14.9. The Hall–Kier alpha value is -3.04. The summed E-state index contributed by atoms with van der Waals surface area (Å²) in [7, 11) is -1.14. The van der Waals surface area contributed by atoms with Crippen molar-refractivity contribution >= 4 is 43.2 Å². The van der Waals surface area contributed by atoms with E-state index in [9.17, 15) is 13.2 Å². The zero-order valence-corrected chi connectivity index (χ0v) is 19.3. The van der Waals surface area contributed by atoms with Crippen LogP contribution in [0, 0.1) is 0 Å². The Morgan fingerprint density at radius 3 is 2.29 bits per heavy atom. The lowest BCUT2D eigenvalue weighted by Crippen LogP contribution is -2.38. The van der Waals surface area contributed by atoms with Gasteiger partial charge in [0.05, 0.1) is 30.5 Å². The van der Waals surface area contributed by atoms with E-state index in [0.29, 0.717) is 15.9 Å². The molecule has 0 aliphatic carbocycles. The third kappa shape index (κ3) is 5.18. The summed E-state index contributed by atoms with van der Waals surface area (Å²) in [6.07, 6.45) is 0. The van der Waals surface area contributed by atoms with Gasteiger partial charge in [0.2, 0.25) is 5.91 Å². The Kier molecular flexibility index (Phi) is 7.19. The van der Waals surface area contributed by atoms with E-state index in [4.69, 9.17) is 9.47 Å². The molecule has 0 spiro atoms. The zero-order chi connectivity index (χ0) is 22.4. The lowest BCUT2D eigenvalue weighted by molar-refractivity contribution is -0.114. The Balaban J connectivity index is 2.03. The number of sulfonamides is 1. The highest BCUT2D eigenvalue weighted by Crippen LogP contribution is 2.35. The maximum Gasteiger partial charge on any atom is 0.264 e. The number of para-hydroxylation sites is 1. The van der Waals surface area contributed by atoms with E-state index in [-0.39, 0.29) is 16.3 Å². The maximum atomic E-state index is 13.5. The van der Waals surface area contributed by atoms with Crippen LogP contribution < -0.4 is 19.1 Å². The number of nitrogens with zero attached hydrogens (tertiary/aromatic N) is 1. The van der Waals surface area contributed by atoms with Crippen LogP contribution in [-0.2, 0) is 14.8 Å². The molecule has 3 aromatic carbocycles. The van der Waals surface area contributed by atoms with Crippen molar-refractivity contribution in [3.63, 3.8) is 0 Å². The molecule has 162 valence electrons. The lowest BCUT2D eigenvalue weighted by atomic mass is 10.2. The molecule has 0 heterocycles. The van der Waals surface area contributed by atoms with Crippen LogP contribution >= 0.6 is 15.9 Å². The molecule has 0 atom stereocenters. The van der Waals surface area contributed by atoms with Crippen LogP contribution in [0.5, 0.6) is 11.5 Å². The van der Waals surface area contributed by atoms with Crippen LogP contribution in [0.4, 0.5) is 11.4 Å². The van der Waals surface area contributed by atoms with E-state index in [0.717, 1.165) is 4.31 Å². The first kappa shape index (κ1) is 22.6. The number of carbonyl (C=O) groups excluding carboxylic acids is 1. The number of hydrogen-bond donors (Lipinski definition) is 1. The molecule has 31 heavy (non-hydrogen) atoms. The first-order valence-electron chi connectivity index (χ1n) is 9.21. The number of ether oxygens (including phenoxy) is 2. The van der Waals surface area contributed by atoms with Gasteiger partial charge in [-0.25, -0.2) is 8.42 Å². The second-order valence-corrected chi connectivity index (χ2v) is 9.11. The molecule has 0 bridgehead atoms. The fourth-order valence-electron chi connectivity index (χ4n) is 2.89. The van der Waals surface area contributed by atoms with Crippen LogP contribution in [0.2, 0.25) is 0 Å². The molecule has 0 fully saturated rings. The number of carbonyl (C=O) groups is 1. The number of benzene rings is 3. The molecule has 3 rings (SSSR count). The number of nitrogens with one attached hydrogen (secondary N) is 1. The molecule has 0 saturated carbocycles. The van der Waals surface area contributed by atoms with Crippen LogP contribution in [0.3, 0.4) is 0 Å². The first-order valence-corrected chi connectivity index (χ1v) is 11.4. The number of hydrogen-bond acceptors (Lipinski definition) is 5. The van der Waals surface area contributed by atoms with E-state index in [1.165, 1.54) is 26.4 Å². The monoisotopic (exact) mass is 504 g/mol. The van der Waals surface area contributed by atoms with E-state index in [1.54, 1.807) is 54.6 Å². The van der Waals surface area contributed by atoms with Gasteiger partial charge in [0.1, 0.15) is 18.0 Å². The van der Waals surface area contributed by atoms with Crippen molar-refractivity contribution in [3.05, 3.63) is 77.3 Å². The smallest absolute Gasteiger partial charge is 0.264 e. The van der Waals surface area contributed by atoms with Gasteiger partial charge >= 0.3 is 0 Å². The van der Waals surface area contributed by atoms with Gasteiger partial charge in [-0.15, -0.1) is 0 Å². The second kappa shape index (κ2) is 9.84. The molecule has 0 aromatic heterocycles. The van der Waals surface area contributed by atoms with Crippen molar-refractivity contribution < 1.29 is 22.7 Å². The van der Waals surface area contributed by atoms with Crippen LogP contribution in [0.15, 0.2) is 82.2 Å². The summed E-state index contributed by atoms with van der Waals surface area (Å²) in [5.41, 5.74) is 0.751. The van der Waals surface area contributed by atoms with Crippen LogP contribution in [-0.4, -0.2) is 35.1 Å². The van der Waals surface area contributed by atoms with Crippen molar-refractivity contribution in [1.29, 1.82) is 0 Å². The molecule has 0 aliphatic rings. The zero-order valence-electron chi connectivity index (χ0n) is 16.9. The van der Waals surface area contributed by atoms with Crippen molar-refractivity contribution in [2.24, 2.45) is 0 Å². The van der Waals surface area contributed by atoms with Gasteiger partial charge in [0.15, 0.2) is 0 Å². The molecule has 0 radical (unpaired) electrons. The number of amides is 1.